The Bertz CT molecular complexity index is 289. The van der Waals surface area contributed by atoms with Gasteiger partial charge in [-0.05, 0) is 30.4 Å². The van der Waals surface area contributed by atoms with Crippen LogP contribution in [0.25, 0.3) is 0 Å². The Balaban J connectivity index is 2.73. The average Bonchev–Trinajstić information content (AvgIpc) is 2.54. The van der Waals surface area contributed by atoms with Gasteiger partial charge in [0.2, 0.25) is 0 Å². The zero-order chi connectivity index (χ0) is 9.68. The smallest absolute Gasteiger partial charge is 0.135 e. The van der Waals surface area contributed by atoms with E-state index in [0.29, 0.717) is 5.84 Å². The summed E-state index contributed by atoms with van der Waals surface area (Å²) in [5.74, 6) is 0.676. The third-order valence-corrected chi connectivity index (χ3v) is 2.77. The molecule has 0 aliphatic rings. The van der Waals surface area contributed by atoms with Gasteiger partial charge in [-0.2, -0.15) is 0 Å². The Morgan fingerprint density at radius 3 is 2.92 bits per heavy atom. The van der Waals surface area contributed by atoms with Gasteiger partial charge in [0.05, 0.1) is 4.88 Å². The highest BCUT2D eigenvalue weighted by molar-refractivity contribution is 7.12. The van der Waals surface area contributed by atoms with Crippen molar-refractivity contribution < 1.29 is 0 Å². The highest BCUT2D eigenvalue weighted by Crippen LogP contribution is 2.15. The molecule has 13 heavy (non-hydrogen) atoms. The van der Waals surface area contributed by atoms with Crippen LogP contribution in [0, 0.1) is 0 Å². The summed E-state index contributed by atoms with van der Waals surface area (Å²) in [4.78, 5) is 5.28. The van der Waals surface area contributed by atoms with Gasteiger partial charge in [-0.15, -0.1) is 11.3 Å². The van der Waals surface area contributed by atoms with Gasteiger partial charge >= 0.3 is 0 Å². The van der Waals surface area contributed by atoms with E-state index < -0.39 is 0 Å². The third kappa shape index (κ3) is 2.84. The molecular weight excluding hydrogens is 180 g/mol. The van der Waals surface area contributed by atoms with Crippen LogP contribution in [-0.2, 0) is 6.42 Å². The largest absolute Gasteiger partial charge is 0.383 e. The lowest BCUT2D eigenvalue weighted by molar-refractivity contribution is 0.926. The molecule has 0 fully saturated rings. The molecular formula is C10H16N2S. The quantitative estimate of drug-likeness (QED) is 0.583. The topological polar surface area (TPSA) is 38.4 Å². The number of hydrogen-bond donors (Lipinski definition) is 1. The first kappa shape index (κ1) is 10.3. The van der Waals surface area contributed by atoms with Gasteiger partial charge in [-0.1, -0.05) is 13.3 Å². The molecule has 2 N–H and O–H groups in total. The van der Waals surface area contributed by atoms with Crippen molar-refractivity contribution in [1.82, 2.24) is 0 Å². The van der Waals surface area contributed by atoms with Crippen LogP contribution in [0.4, 0.5) is 0 Å². The molecule has 2 nitrogen and oxygen atoms in total. The first-order chi connectivity index (χ1) is 6.27. The normalized spacial score (nSPS) is 12.0. The van der Waals surface area contributed by atoms with Crippen molar-refractivity contribution in [2.75, 3.05) is 6.54 Å². The predicted octanol–water partition coefficient (Wildman–Crippen LogP) is 2.43. The zero-order valence-corrected chi connectivity index (χ0v) is 9.03. The summed E-state index contributed by atoms with van der Waals surface area (Å²) in [5.41, 5.74) is 7.15. The molecule has 0 aliphatic heterocycles. The molecule has 0 amide bonds. The zero-order valence-electron chi connectivity index (χ0n) is 8.21. The fourth-order valence-corrected chi connectivity index (χ4v) is 2.05. The Hall–Kier alpha value is -0.830. The van der Waals surface area contributed by atoms with E-state index in [1.54, 1.807) is 11.3 Å². The molecule has 0 aromatic carbocycles. The van der Waals surface area contributed by atoms with Crippen molar-refractivity contribution in [1.29, 1.82) is 0 Å². The fourth-order valence-electron chi connectivity index (χ4n) is 1.18. The molecule has 0 spiro atoms. The van der Waals surface area contributed by atoms with Crippen LogP contribution in [-0.4, -0.2) is 12.4 Å². The standard InChI is InChI=1S/C10H16N2S/c1-3-5-8-6-9(13-7-8)10(11)12-4-2/h6-7H,3-5H2,1-2H3,(H2,11,12). The van der Waals surface area contributed by atoms with Gasteiger partial charge in [-0.25, -0.2) is 0 Å². The van der Waals surface area contributed by atoms with Crippen molar-refractivity contribution in [3.63, 3.8) is 0 Å². The van der Waals surface area contributed by atoms with Gasteiger partial charge in [0.1, 0.15) is 5.84 Å². The lowest BCUT2D eigenvalue weighted by Gasteiger charge is -1.93. The second kappa shape index (κ2) is 5.02. The Labute approximate surface area is 83.5 Å². The second-order valence-corrected chi connectivity index (χ2v) is 3.84. The molecule has 0 saturated carbocycles. The molecule has 0 atom stereocenters. The summed E-state index contributed by atoms with van der Waals surface area (Å²) in [6.45, 7) is 4.93. The first-order valence-corrected chi connectivity index (χ1v) is 5.53. The van der Waals surface area contributed by atoms with Crippen LogP contribution in [0.5, 0.6) is 0 Å². The van der Waals surface area contributed by atoms with E-state index in [-0.39, 0.29) is 0 Å². The summed E-state index contributed by atoms with van der Waals surface area (Å²) in [6, 6.07) is 2.14. The molecule has 0 unspecified atom stereocenters. The molecule has 0 aliphatic carbocycles. The minimum atomic E-state index is 0.676. The highest BCUT2D eigenvalue weighted by atomic mass is 32.1. The van der Waals surface area contributed by atoms with E-state index in [0.717, 1.165) is 17.8 Å². The molecule has 0 saturated heterocycles. The van der Waals surface area contributed by atoms with Crippen LogP contribution in [0.2, 0.25) is 0 Å². The molecule has 72 valence electrons. The minimum Gasteiger partial charge on any atom is -0.383 e. The number of nitrogens with two attached hydrogens (primary N) is 1. The monoisotopic (exact) mass is 196 g/mol. The third-order valence-electron chi connectivity index (χ3n) is 1.77. The van der Waals surface area contributed by atoms with Gasteiger partial charge in [0.15, 0.2) is 0 Å². The Morgan fingerprint density at radius 2 is 2.31 bits per heavy atom. The second-order valence-electron chi connectivity index (χ2n) is 2.93. The molecule has 3 heteroatoms. The van der Waals surface area contributed by atoms with E-state index in [4.69, 9.17) is 5.73 Å². The SMILES string of the molecule is CCCc1csc(C(N)=NCC)c1. The summed E-state index contributed by atoms with van der Waals surface area (Å²) in [5, 5.41) is 2.16. The maximum Gasteiger partial charge on any atom is 0.135 e. The number of amidine groups is 1. The first-order valence-electron chi connectivity index (χ1n) is 4.65. The van der Waals surface area contributed by atoms with E-state index in [2.05, 4.69) is 23.4 Å². The van der Waals surface area contributed by atoms with Gasteiger partial charge < -0.3 is 5.73 Å². The molecule has 0 radical (unpaired) electrons. The number of aliphatic imine (C=N–C) groups is 1. The maximum absolute atomic E-state index is 5.78. The molecule has 1 heterocycles. The van der Waals surface area contributed by atoms with Gasteiger partial charge in [-0.3, -0.25) is 4.99 Å². The molecule has 0 bridgehead atoms. The molecule has 1 rings (SSSR count). The summed E-state index contributed by atoms with van der Waals surface area (Å²) < 4.78 is 0. The van der Waals surface area contributed by atoms with Crippen molar-refractivity contribution in [3.8, 4) is 0 Å². The van der Waals surface area contributed by atoms with Gasteiger partial charge in [0, 0.05) is 6.54 Å². The van der Waals surface area contributed by atoms with E-state index in [1.165, 1.54) is 12.0 Å². The Morgan fingerprint density at radius 1 is 1.54 bits per heavy atom. The van der Waals surface area contributed by atoms with Crippen molar-refractivity contribution in [3.05, 3.63) is 21.9 Å². The number of thiophene rings is 1. The lowest BCUT2D eigenvalue weighted by atomic mass is 10.2. The number of nitrogens with zero attached hydrogens (tertiary/aromatic N) is 1. The summed E-state index contributed by atoms with van der Waals surface area (Å²) >= 11 is 1.68. The van der Waals surface area contributed by atoms with Crippen LogP contribution in [0.15, 0.2) is 16.4 Å². The van der Waals surface area contributed by atoms with E-state index >= 15 is 0 Å². The fraction of sp³-hybridized carbons (Fsp3) is 0.500. The van der Waals surface area contributed by atoms with Crippen LogP contribution in [0.3, 0.4) is 0 Å². The average molecular weight is 196 g/mol. The van der Waals surface area contributed by atoms with Crippen LogP contribution >= 0.6 is 11.3 Å². The molecule has 1 aromatic heterocycles. The lowest BCUT2D eigenvalue weighted by Crippen LogP contribution is -2.11. The minimum absolute atomic E-state index is 0.676. The maximum atomic E-state index is 5.78. The van der Waals surface area contributed by atoms with Gasteiger partial charge in [0.25, 0.3) is 0 Å². The highest BCUT2D eigenvalue weighted by Gasteiger charge is 2.01. The van der Waals surface area contributed by atoms with Crippen molar-refractivity contribution in [2.24, 2.45) is 10.7 Å². The Kier molecular flexibility index (Phi) is 3.96. The van der Waals surface area contributed by atoms with Crippen molar-refractivity contribution in [2.45, 2.75) is 26.7 Å². The van der Waals surface area contributed by atoms with Crippen molar-refractivity contribution >= 4 is 17.2 Å². The summed E-state index contributed by atoms with van der Waals surface area (Å²) in [7, 11) is 0. The van der Waals surface area contributed by atoms with Crippen LogP contribution < -0.4 is 5.73 Å². The number of rotatable bonds is 4. The van der Waals surface area contributed by atoms with E-state index in [9.17, 15) is 0 Å². The van der Waals surface area contributed by atoms with Crippen LogP contribution in [0.1, 0.15) is 30.7 Å². The molecule has 1 aromatic rings. The predicted molar refractivity (Wildman–Crippen MR) is 59.6 cm³/mol. The summed E-state index contributed by atoms with van der Waals surface area (Å²) in [6.07, 6.45) is 2.32. The van der Waals surface area contributed by atoms with E-state index in [1.807, 2.05) is 6.92 Å². The number of aryl methyl sites for hydroxylation is 1. The number of hydrogen-bond acceptors (Lipinski definition) is 2.